The summed E-state index contributed by atoms with van der Waals surface area (Å²) in [6.45, 7) is 0. The lowest BCUT2D eigenvalue weighted by Gasteiger charge is -2.11. The Morgan fingerprint density at radius 1 is 1.06 bits per heavy atom. The van der Waals surface area contributed by atoms with Gasteiger partial charge in [0.2, 0.25) is 0 Å². The summed E-state index contributed by atoms with van der Waals surface area (Å²) in [5.41, 5.74) is 2.27. The number of hydrogen-bond acceptors (Lipinski definition) is 2. The van der Waals surface area contributed by atoms with E-state index in [1.807, 2.05) is 43.4 Å². The molecule has 2 aromatic rings. The Hall–Kier alpha value is -1.81. The molecular weight excluding hydrogens is 292 g/mol. The van der Waals surface area contributed by atoms with Crippen molar-refractivity contribution in [3.63, 3.8) is 0 Å². The van der Waals surface area contributed by atoms with Gasteiger partial charge in [0.25, 0.3) is 5.91 Å². The molecule has 0 bridgehead atoms. The van der Waals surface area contributed by atoms with Crippen LogP contribution in [0, 0.1) is 0 Å². The molecule has 0 fully saturated rings. The van der Waals surface area contributed by atoms with Crippen molar-refractivity contribution in [3.8, 4) is 0 Å². The minimum atomic E-state index is -0.116. The van der Waals surface area contributed by atoms with Crippen molar-refractivity contribution in [2.45, 2.75) is 0 Å². The topological polar surface area (TPSA) is 41.1 Å². The van der Waals surface area contributed by atoms with Gasteiger partial charge in [-0.3, -0.25) is 4.79 Å². The van der Waals surface area contributed by atoms with E-state index in [-0.39, 0.29) is 5.91 Å². The Labute approximate surface area is 114 Å². The Balaban J connectivity index is 2.22. The number of anilines is 2. The van der Waals surface area contributed by atoms with Crippen molar-refractivity contribution in [2.24, 2.45) is 0 Å². The third-order valence-corrected chi connectivity index (χ3v) is 3.03. The highest BCUT2D eigenvalue weighted by atomic mass is 79.9. The summed E-state index contributed by atoms with van der Waals surface area (Å²) in [6.07, 6.45) is 0. The number of amides is 1. The molecule has 0 atom stereocenters. The van der Waals surface area contributed by atoms with Crippen molar-refractivity contribution in [1.82, 2.24) is 0 Å². The van der Waals surface area contributed by atoms with Crippen molar-refractivity contribution in [1.29, 1.82) is 0 Å². The molecule has 0 aliphatic carbocycles. The van der Waals surface area contributed by atoms with E-state index in [2.05, 4.69) is 26.6 Å². The Kier molecular flexibility index (Phi) is 3.99. The molecule has 1 amide bonds. The Morgan fingerprint density at radius 3 is 2.44 bits per heavy atom. The van der Waals surface area contributed by atoms with E-state index in [9.17, 15) is 4.79 Å². The summed E-state index contributed by atoms with van der Waals surface area (Å²) in [4.78, 5) is 12.0. The number of benzene rings is 2. The second-order valence-electron chi connectivity index (χ2n) is 3.76. The lowest BCUT2D eigenvalue weighted by Crippen LogP contribution is -2.12. The summed E-state index contributed by atoms with van der Waals surface area (Å²) in [5, 5.41) is 5.93. The molecule has 2 N–H and O–H groups in total. The SMILES string of the molecule is CNc1cc(Br)ccc1NC(=O)c1ccccc1. The standard InChI is InChI=1S/C14H13BrN2O/c1-16-13-9-11(15)7-8-12(13)17-14(18)10-5-3-2-4-6-10/h2-9,16H,1H3,(H,17,18). The fourth-order valence-corrected chi connectivity index (χ4v) is 1.98. The lowest BCUT2D eigenvalue weighted by atomic mass is 10.2. The van der Waals surface area contributed by atoms with Crippen LogP contribution in [0.5, 0.6) is 0 Å². The molecule has 2 rings (SSSR count). The smallest absolute Gasteiger partial charge is 0.255 e. The molecule has 18 heavy (non-hydrogen) atoms. The van der Waals surface area contributed by atoms with Crippen LogP contribution in [-0.4, -0.2) is 13.0 Å². The highest BCUT2D eigenvalue weighted by Gasteiger charge is 2.08. The maximum Gasteiger partial charge on any atom is 0.255 e. The van der Waals surface area contributed by atoms with E-state index in [0.717, 1.165) is 15.8 Å². The average Bonchev–Trinajstić information content (AvgIpc) is 2.41. The predicted molar refractivity (Wildman–Crippen MR) is 78.1 cm³/mol. The van der Waals surface area contributed by atoms with Crippen LogP contribution in [0.1, 0.15) is 10.4 Å². The van der Waals surface area contributed by atoms with Crippen LogP contribution < -0.4 is 10.6 Å². The highest BCUT2D eigenvalue weighted by molar-refractivity contribution is 9.10. The van der Waals surface area contributed by atoms with Gasteiger partial charge in [0, 0.05) is 17.1 Å². The zero-order chi connectivity index (χ0) is 13.0. The third-order valence-electron chi connectivity index (χ3n) is 2.54. The molecule has 0 spiro atoms. The molecule has 0 saturated heterocycles. The first kappa shape index (κ1) is 12.6. The molecular formula is C14H13BrN2O. The normalized spacial score (nSPS) is 9.89. The van der Waals surface area contributed by atoms with E-state index >= 15 is 0 Å². The second-order valence-corrected chi connectivity index (χ2v) is 4.68. The fraction of sp³-hybridized carbons (Fsp3) is 0.0714. The second kappa shape index (κ2) is 5.69. The Morgan fingerprint density at radius 2 is 1.78 bits per heavy atom. The van der Waals surface area contributed by atoms with Gasteiger partial charge in [0.1, 0.15) is 0 Å². The number of rotatable bonds is 3. The van der Waals surface area contributed by atoms with E-state index < -0.39 is 0 Å². The zero-order valence-corrected chi connectivity index (χ0v) is 11.5. The average molecular weight is 305 g/mol. The number of hydrogen-bond donors (Lipinski definition) is 2. The van der Waals surface area contributed by atoms with Gasteiger partial charge in [0.15, 0.2) is 0 Å². The molecule has 0 radical (unpaired) electrons. The summed E-state index contributed by atoms with van der Waals surface area (Å²) < 4.78 is 0.963. The maximum atomic E-state index is 12.0. The van der Waals surface area contributed by atoms with E-state index in [4.69, 9.17) is 0 Å². The predicted octanol–water partition coefficient (Wildman–Crippen LogP) is 3.74. The monoisotopic (exact) mass is 304 g/mol. The van der Waals surface area contributed by atoms with Gasteiger partial charge in [-0.25, -0.2) is 0 Å². The largest absolute Gasteiger partial charge is 0.386 e. The van der Waals surface area contributed by atoms with Gasteiger partial charge >= 0.3 is 0 Å². The van der Waals surface area contributed by atoms with Crippen molar-refractivity contribution in [3.05, 3.63) is 58.6 Å². The first-order valence-corrected chi connectivity index (χ1v) is 6.33. The summed E-state index contributed by atoms with van der Waals surface area (Å²) in [5.74, 6) is -0.116. The molecule has 0 heterocycles. The lowest BCUT2D eigenvalue weighted by molar-refractivity contribution is 0.102. The molecule has 0 saturated carbocycles. The quantitative estimate of drug-likeness (QED) is 0.907. The van der Waals surface area contributed by atoms with E-state index in [0.29, 0.717) is 5.56 Å². The first-order chi connectivity index (χ1) is 8.70. The Bertz CT molecular complexity index is 555. The van der Waals surface area contributed by atoms with Crippen molar-refractivity contribution in [2.75, 3.05) is 17.7 Å². The van der Waals surface area contributed by atoms with Crippen LogP contribution in [0.15, 0.2) is 53.0 Å². The number of carbonyl (C=O) groups excluding carboxylic acids is 1. The maximum absolute atomic E-state index is 12.0. The molecule has 0 aliphatic rings. The molecule has 0 aliphatic heterocycles. The van der Waals surface area contributed by atoms with E-state index in [1.54, 1.807) is 12.1 Å². The zero-order valence-electron chi connectivity index (χ0n) is 9.91. The molecule has 0 aromatic heterocycles. The van der Waals surface area contributed by atoms with Gasteiger partial charge in [-0.15, -0.1) is 0 Å². The third kappa shape index (κ3) is 2.90. The molecule has 4 heteroatoms. The van der Waals surface area contributed by atoms with Crippen LogP contribution in [-0.2, 0) is 0 Å². The number of nitrogens with one attached hydrogen (secondary N) is 2. The van der Waals surface area contributed by atoms with Crippen molar-refractivity contribution < 1.29 is 4.79 Å². The van der Waals surface area contributed by atoms with Gasteiger partial charge in [-0.2, -0.15) is 0 Å². The van der Waals surface area contributed by atoms with Crippen LogP contribution in [0.2, 0.25) is 0 Å². The molecule has 0 unspecified atom stereocenters. The van der Waals surface area contributed by atoms with Crippen LogP contribution >= 0.6 is 15.9 Å². The summed E-state index contributed by atoms with van der Waals surface area (Å²) in [7, 11) is 1.82. The van der Waals surface area contributed by atoms with Crippen LogP contribution in [0.25, 0.3) is 0 Å². The first-order valence-electron chi connectivity index (χ1n) is 5.54. The van der Waals surface area contributed by atoms with Crippen molar-refractivity contribution >= 4 is 33.2 Å². The van der Waals surface area contributed by atoms with Crippen LogP contribution in [0.4, 0.5) is 11.4 Å². The van der Waals surface area contributed by atoms with Gasteiger partial charge < -0.3 is 10.6 Å². The molecule has 92 valence electrons. The minimum Gasteiger partial charge on any atom is -0.386 e. The van der Waals surface area contributed by atoms with E-state index in [1.165, 1.54) is 0 Å². The van der Waals surface area contributed by atoms with Crippen LogP contribution in [0.3, 0.4) is 0 Å². The fourth-order valence-electron chi connectivity index (χ4n) is 1.62. The van der Waals surface area contributed by atoms with Gasteiger partial charge in [-0.1, -0.05) is 34.1 Å². The summed E-state index contributed by atoms with van der Waals surface area (Å²) in [6, 6.07) is 14.8. The minimum absolute atomic E-state index is 0.116. The number of carbonyl (C=O) groups is 1. The molecule has 3 nitrogen and oxygen atoms in total. The highest BCUT2D eigenvalue weighted by Crippen LogP contribution is 2.25. The summed E-state index contributed by atoms with van der Waals surface area (Å²) >= 11 is 3.40. The van der Waals surface area contributed by atoms with Gasteiger partial charge in [-0.05, 0) is 30.3 Å². The molecule has 2 aromatic carbocycles. The number of halogens is 1. The van der Waals surface area contributed by atoms with Gasteiger partial charge in [0.05, 0.1) is 11.4 Å².